The van der Waals surface area contributed by atoms with E-state index < -0.39 is 24.0 Å². The zero-order valence-electron chi connectivity index (χ0n) is 18.9. The molecule has 4 rings (SSSR count). The number of ether oxygens (including phenoxy) is 3. The van der Waals surface area contributed by atoms with E-state index in [1.165, 1.54) is 23.5 Å². The van der Waals surface area contributed by atoms with Crippen LogP contribution in [0.15, 0.2) is 24.3 Å². The van der Waals surface area contributed by atoms with Gasteiger partial charge in [-0.1, -0.05) is 34.5 Å². The number of carboxylic acids is 1. The first-order valence-corrected chi connectivity index (χ1v) is 12.0. The first-order chi connectivity index (χ1) is 17.9. The second-order valence-electron chi connectivity index (χ2n) is 7.53. The Balaban J connectivity index is 0.000000505. The highest BCUT2D eigenvalue weighted by atomic mass is 35.5. The Morgan fingerprint density at radius 1 is 1.21 bits per heavy atom. The van der Waals surface area contributed by atoms with Crippen LogP contribution in [0.5, 0.6) is 11.6 Å². The molecule has 0 aliphatic carbocycles. The largest absolute Gasteiger partial charge is 0.490 e. The molecule has 1 fully saturated rings. The number of carboxylic acid groups (broad SMARTS) is 1. The van der Waals surface area contributed by atoms with Crippen molar-refractivity contribution in [2.75, 3.05) is 26.4 Å². The number of halogens is 6. The van der Waals surface area contributed by atoms with Crippen LogP contribution >= 0.6 is 34.5 Å². The molecule has 0 radical (unpaired) electrons. The van der Waals surface area contributed by atoms with Gasteiger partial charge in [0.25, 0.3) is 0 Å². The van der Waals surface area contributed by atoms with Gasteiger partial charge in [-0.25, -0.2) is 14.2 Å². The second kappa shape index (κ2) is 12.8. The number of aliphatic hydroxyl groups excluding tert-OH is 1. The number of pyridine rings is 1. The Kier molecular flexibility index (Phi) is 10.0. The summed E-state index contributed by atoms with van der Waals surface area (Å²) in [7, 11) is 0. The van der Waals surface area contributed by atoms with Crippen LogP contribution in [-0.4, -0.2) is 76.1 Å². The summed E-state index contributed by atoms with van der Waals surface area (Å²) in [6.45, 7) is 0.678. The van der Waals surface area contributed by atoms with Gasteiger partial charge in [0.2, 0.25) is 5.88 Å². The summed E-state index contributed by atoms with van der Waals surface area (Å²) in [6.07, 6.45) is -5.14. The molecule has 4 N–H and O–H groups in total. The SMILES string of the molecule is N[C@H](CO)COc1cc(Cl)c(-c2nnc(-c3cc(Cl)nc(OC4COC4)c3)s2)cc1F.O=C(O)C(F)(F)F. The molecule has 0 amide bonds. The second-order valence-corrected chi connectivity index (χ2v) is 9.30. The minimum Gasteiger partial charge on any atom is -0.489 e. The fourth-order valence-corrected chi connectivity index (χ4v) is 3.97. The number of rotatable bonds is 8. The quantitative estimate of drug-likeness (QED) is 0.257. The molecule has 17 heteroatoms. The zero-order valence-corrected chi connectivity index (χ0v) is 21.2. The highest BCUT2D eigenvalue weighted by molar-refractivity contribution is 7.18. The fraction of sp³-hybridized carbons (Fsp3) is 0.333. The summed E-state index contributed by atoms with van der Waals surface area (Å²) in [6, 6.07) is 5.28. The van der Waals surface area contributed by atoms with Gasteiger partial charge in [0, 0.05) is 23.3 Å². The summed E-state index contributed by atoms with van der Waals surface area (Å²) in [5.74, 6) is -3.09. The smallest absolute Gasteiger partial charge is 0.489 e. The van der Waals surface area contributed by atoms with E-state index in [0.717, 1.165) is 0 Å². The number of benzene rings is 1. The highest BCUT2D eigenvalue weighted by Gasteiger charge is 2.38. The molecule has 1 aromatic carbocycles. The number of alkyl halides is 3. The number of aliphatic carboxylic acids is 1. The van der Waals surface area contributed by atoms with E-state index in [1.54, 1.807) is 12.1 Å². The Labute approximate surface area is 225 Å². The molecule has 1 aliphatic rings. The van der Waals surface area contributed by atoms with Crippen molar-refractivity contribution in [1.82, 2.24) is 15.2 Å². The third-order valence-electron chi connectivity index (χ3n) is 4.52. The van der Waals surface area contributed by atoms with Gasteiger partial charge < -0.3 is 30.2 Å². The molecule has 3 heterocycles. The summed E-state index contributed by atoms with van der Waals surface area (Å²) in [5.41, 5.74) is 6.60. The number of aromatic nitrogens is 3. The number of nitrogens with zero attached hydrogens (tertiary/aromatic N) is 3. The van der Waals surface area contributed by atoms with Crippen LogP contribution in [-0.2, 0) is 9.53 Å². The molecule has 10 nitrogen and oxygen atoms in total. The molecule has 0 saturated carbocycles. The predicted molar refractivity (Wildman–Crippen MR) is 128 cm³/mol. The van der Waals surface area contributed by atoms with E-state index in [4.69, 9.17) is 58.2 Å². The van der Waals surface area contributed by atoms with Crippen molar-refractivity contribution < 1.29 is 46.8 Å². The van der Waals surface area contributed by atoms with Gasteiger partial charge in [-0.05, 0) is 12.1 Å². The summed E-state index contributed by atoms with van der Waals surface area (Å²) < 4.78 is 62.3. The maximum absolute atomic E-state index is 14.5. The lowest BCUT2D eigenvalue weighted by Gasteiger charge is -2.26. The first-order valence-electron chi connectivity index (χ1n) is 10.4. The van der Waals surface area contributed by atoms with Crippen molar-refractivity contribution in [3.63, 3.8) is 0 Å². The monoisotopic (exact) mass is 600 g/mol. The van der Waals surface area contributed by atoms with Gasteiger partial charge in [-0.15, -0.1) is 10.2 Å². The first kappa shape index (κ1) is 29.7. The van der Waals surface area contributed by atoms with Crippen LogP contribution in [0.25, 0.3) is 21.1 Å². The van der Waals surface area contributed by atoms with Crippen molar-refractivity contribution in [3.8, 4) is 32.8 Å². The minimum atomic E-state index is -5.08. The third-order valence-corrected chi connectivity index (χ3v) is 6.03. The van der Waals surface area contributed by atoms with Gasteiger partial charge in [-0.2, -0.15) is 13.2 Å². The highest BCUT2D eigenvalue weighted by Crippen LogP contribution is 2.38. The molecule has 0 unspecified atom stereocenters. The molecule has 2 aromatic heterocycles. The van der Waals surface area contributed by atoms with E-state index in [-0.39, 0.29) is 35.2 Å². The Morgan fingerprint density at radius 2 is 1.87 bits per heavy atom. The average molecular weight is 601 g/mol. The van der Waals surface area contributed by atoms with Crippen LogP contribution in [0.4, 0.5) is 17.6 Å². The number of hydrogen-bond donors (Lipinski definition) is 3. The van der Waals surface area contributed by atoms with E-state index >= 15 is 0 Å². The molecule has 206 valence electrons. The Bertz CT molecular complexity index is 1280. The number of aliphatic hydroxyl groups is 1. The maximum Gasteiger partial charge on any atom is 0.490 e. The molecule has 0 spiro atoms. The standard InChI is InChI=1S/C19H17Cl2FN4O4S.C2HF3O2/c20-13-4-15(29-6-10(23)5-27)14(22)3-12(13)19-26-25-18(31-19)9-1-16(21)24-17(2-9)30-11-7-28-8-11;3-2(4,5)1(6)7/h1-4,10-11,27H,5-8,23H2;(H,6,7)/t10-;/m1./s1. The molecule has 3 aromatic rings. The lowest BCUT2D eigenvalue weighted by molar-refractivity contribution is -0.192. The number of carbonyl (C=O) groups is 1. The molecular weight excluding hydrogens is 583 g/mol. The van der Waals surface area contributed by atoms with Crippen LogP contribution in [0, 0.1) is 5.82 Å². The van der Waals surface area contributed by atoms with E-state index in [2.05, 4.69) is 15.2 Å². The minimum absolute atomic E-state index is 0.0494. The van der Waals surface area contributed by atoms with Crippen molar-refractivity contribution in [2.24, 2.45) is 5.73 Å². The van der Waals surface area contributed by atoms with Crippen molar-refractivity contribution in [2.45, 2.75) is 18.3 Å². The lowest BCUT2D eigenvalue weighted by Crippen LogP contribution is -2.38. The van der Waals surface area contributed by atoms with Crippen molar-refractivity contribution in [1.29, 1.82) is 0 Å². The van der Waals surface area contributed by atoms with E-state index in [9.17, 15) is 17.6 Å². The molecule has 38 heavy (non-hydrogen) atoms. The van der Waals surface area contributed by atoms with Crippen LogP contribution in [0.3, 0.4) is 0 Å². The normalized spacial score (nSPS) is 14.2. The van der Waals surface area contributed by atoms with Crippen molar-refractivity contribution >= 4 is 40.5 Å². The average Bonchev–Trinajstić information content (AvgIpc) is 3.31. The van der Waals surface area contributed by atoms with E-state index in [0.29, 0.717) is 40.2 Å². The summed E-state index contributed by atoms with van der Waals surface area (Å²) >= 11 is 13.7. The predicted octanol–water partition coefficient (Wildman–Crippen LogP) is 3.82. The van der Waals surface area contributed by atoms with Crippen LogP contribution in [0.2, 0.25) is 10.2 Å². The lowest BCUT2D eigenvalue weighted by atomic mass is 10.2. The summed E-state index contributed by atoms with van der Waals surface area (Å²) in [5, 5.41) is 25.8. The third kappa shape index (κ3) is 8.09. The van der Waals surface area contributed by atoms with Gasteiger partial charge in [0.1, 0.15) is 27.9 Å². The van der Waals surface area contributed by atoms with E-state index in [1.807, 2.05) is 0 Å². The topological polar surface area (TPSA) is 150 Å². The Hall–Kier alpha value is -2.82. The maximum atomic E-state index is 14.5. The van der Waals surface area contributed by atoms with Gasteiger partial charge in [-0.3, -0.25) is 0 Å². The van der Waals surface area contributed by atoms with Crippen molar-refractivity contribution in [3.05, 3.63) is 40.3 Å². The zero-order chi connectivity index (χ0) is 28.0. The molecule has 0 bridgehead atoms. The molecular formula is C21H18Cl2F4N4O6S. The van der Waals surface area contributed by atoms with Gasteiger partial charge >= 0.3 is 12.1 Å². The molecule has 1 atom stereocenters. The van der Waals surface area contributed by atoms with Crippen LogP contribution < -0.4 is 15.2 Å². The number of nitrogens with two attached hydrogens (primary N) is 1. The molecule has 1 saturated heterocycles. The van der Waals surface area contributed by atoms with Gasteiger partial charge in [0.15, 0.2) is 11.6 Å². The molecule has 1 aliphatic heterocycles. The van der Waals surface area contributed by atoms with Crippen LogP contribution in [0.1, 0.15) is 0 Å². The number of hydrogen-bond acceptors (Lipinski definition) is 10. The summed E-state index contributed by atoms with van der Waals surface area (Å²) in [4.78, 5) is 13.0. The Morgan fingerprint density at radius 3 is 2.45 bits per heavy atom. The van der Waals surface area contributed by atoms with Gasteiger partial charge in [0.05, 0.1) is 30.9 Å². The fourth-order valence-electron chi connectivity index (χ4n) is 2.61.